The zero-order valence-corrected chi connectivity index (χ0v) is 19.7. The molecule has 0 N–H and O–H groups in total. The van der Waals surface area contributed by atoms with Gasteiger partial charge in [-0.2, -0.15) is 4.68 Å². The van der Waals surface area contributed by atoms with E-state index in [0.717, 1.165) is 16.8 Å². The van der Waals surface area contributed by atoms with Crippen LogP contribution in [0.5, 0.6) is 0 Å². The lowest BCUT2D eigenvalue weighted by molar-refractivity contribution is 0.530. The first-order chi connectivity index (χ1) is 12.5. The molecule has 0 aliphatic rings. The van der Waals surface area contributed by atoms with Crippen LogP contribution in [0.15, 0.2) is 17.3 Å². The van der Waals surface area contributed by atoms with Gasteiger partial charge in [-0.1, -0.05) is 86.5 Å². The highest BCUT2D eigenvalue weighted by Gasteiger charge is 2.33. The predicted molar refractivity (Wildman–Crippen MR) is 113 cm³/mol. The van der Waals surface area contributed by atoms with Crippen molar-refractivity contribution in [1.82, 2.24) is 20.2 Å². The third-order valence-electron chi connectivity index (χ3n) is 4.90. The van der Waals surface area contributed by atoms with E-state index in [1.165, 1.54) is 10.2 Å². The number of benzene rings is 1. The molecule has 0 aliphatic heterocycles. The Bertz CT molecular complexity index is 934. The van der Waals surface area contributed by atoms with Crippen LogP contribution in [-0.2, 0) is 26.1 Å². The molecular weight excluding hydrogens is 372 g/mol. The van der Waals surface area contributed by atoms with E-state index in [0.29, 0.717) is 0 Å². The van der Waals surface area contributed by atoms with Gasteiger partial charge in [-0.15, -0.1) is 0 Å². The molecule has 6 nitrogen and oxygen atoms in total. The van der Waals surface area contributed by atoms with Gasteiger partial charge in [0.25, 0.3) is 5.16 Å². The van der Waals surface area contributed by atoms with E-state index in [9.17, 15) is 8.42 Å². The van der Waals surface area contributed by atoms with Crippen LogP contribution in [0.1, 0.15) is 85.9 Å². The minimum atomic E-state index is -3.57. The van der Waals surface area contributed by atoms with Crippen LogP contribution in [0.4, 0.5) is 0 Å². The summed E-state index contributed by atoms with van der Waals surface area (Å²) in [7, 11) is -3.57. The van der Waals surface area contributed by atoms with Gasteiger partial charge in [0.1, 0.15) is 0 Å². The van der Waals surface area contributed by atoms with Crippen molar-refractivity contribution in [2.24, 2.45) is 0 Å². The molecule has 1 heterocycles. The highest BCUT2D eigenvalue weighted by molar-refractivity contribution is 7.91. The molecule has 0 spiro atoms. The molecular formula is C21H34N4O2S. The lowest BCUT2D eigenvalue weighted by atomic mass is 9.74. The Morgan fingerprint density at radius 1 is 0.857 bits per heavy atom. The van der Waals surface area contributed by atoms with Gasteiger partial charge in [-0.25, -0.2) is 8.42 Å². The van der Waals surface area contributed by atoms with Gasteiger partial charge in [0, 0.05) is 0 Å². The van der Waals surface area contributed by atoms with Crippen LogP contribution < -0.4 is 0 Å². The zero-order chi connectivity index (χ0) is 21.7. The first-order valence-electron chi connectivity index (χ1n) is 9.71. The van der Waals surface area contributed by atoms with E-state index in [1.54, 1.807) is 6.92 Å². The number of tetrazole rings is 1. The van der Waals surface area contributed by atoms with E-state index in [-0.39, 0.29) is 27.2 Å². The van der Waals surface area contributed by atoms with E-state index in [2.05, 4.69) is 90.0 Å². The largest absolute Gasteiger partial charge is 0.272 e. The van der Waals surface area contributed by atoms with Crippen molar-refractivity contribution in [2.45, 2.75) is 90.6 Å². The van der Waals surface area contributed by atoms with Crippen molar-refractivity contribution >= 4 is 9.84 Å². The summed E-state index contributed by atoms with van der Waals surface area (Å²) in [5.41, 5.74) is 3.54. The average Bonchev–Trinajstić information content (AvgIpc) is 3.01. The van der Waals surface area contributed by atoms with Crippen LogP contribution in [0.25, 0.3) is 5.69 Å². The Kier molecular flexibility index (Phi) is 5.58. The first-order valence-corrected chi connectivity index (χ1v) is 11.4. The molecule has 1 aromatic carbocycles. The van der Waals surface area contributed by atoms with Gasteiger partial charge in [0.2, 0.25) is 9.84 Å². The molecule has 0 saturated heterocycles. The van der Waals surface area contributed by atoms with Gasteiger partial charge in [0.05, 0.1) is 11.4 Å². The highest BCUT2D eigenvalue weighted by atomic mass is 32.2. The molecule has 1 aromatic heterocycles. The SMILES string of the molecule is CCS(=O)(=O)c1nnnn1-c1c(C(C)(C)C)cc(C(C)(C)C)cc1C(C)(C)C. The summed E-state index contributed by atoms with van der Waals surface area (Å²) in [5.74, 6) is -0.0524. The van der Waals surface area contributed by atoms with E-state index < -0.39 is 9.84 Å². The number of hydrogen-bond donors (Lipinski definition) is 0. The summed E-state index contributed by atoms with van der Waals surface area (Å²) in [4.78, 5) is 0. The predicted octanol–water partition coefficient (Wildman–Crippen LogP) is 4.35. The number of nitrogens with zero attached hydrogens (tertiary/aromatic N) is 4. The van der Waals surface area contributed by atoms with Crippen molar-refractivity contribution in [3.63, 3.8) is 0 Å². The molecule has 0 radical (unpaired) electrons. The molecule has 2 aromatic rings. The fourth-order valence-electron chi connectivity index (χ4n) is 3.08. The summed E-state index contributed by atoms with van der Waals surface area (Å²) in [6, 6.07) is 4.35. The van der Waals surface area contributed by atoms with E-state index in [1.807, 2.05) is 0 Å². The Morgan fingerprint density at radius 3 is 1.68 bits per heavy atom. The van der Waals surface area contributed by atoms with Gasteiger partial charge < -0.3 is 0 Å². The average molecular weight is 407 g/mol. The highest BCUT2D eigenvalue weighted by Crippen LogP contribution is 2.40. The summed E-state index contributed by atoms with van der Waals surface area (Å²) in [6.07, 6.45) is 0. The maximum Gasteiger partial charge on any atom is 0.272 e. The molecule has 0 atom stereocenters. The fraction of sp³-hybridized carbons (Fsp3) is 0.667. The minimum absolute atomic E-state index is 0.0442. The lowest BCUT2D eigenvalue weighted by Crippen LogP contribution is -2.26. The Labute approximate surface area is 169 Å². The quantitative estimate of drug-likeness (QED) is 0.757. The van der Waals surface area contributed by atoms with Crippen molar-refractivity contribution in [1.29, 1.82) is 0 Å². The van der Waals surface area contributed by atoms with E-state index in [4.69, 9.17) is 0 Å². The zero-order valence-electron chi connectivity index (χ0n) is 18.9. The van der Waals surface area contributed by atoms with Gasteiger partial charge in [-0.05, 0) is 43.4 Å². The molecule has 28 heavy (non-hydrogen) atoms. The third kappa shape index (κ3) is 4.29. The fourth-order valence-corrected chi connectivity index (χ4v) is 3.89. The van der Waals surface area contributed by atoms with Crippen molar-refractivity contribution in [3.05, 3.63) is 28.8 Å². The smallest absolute Gasteiger partial charge is 0.220 e. The third-order valence-corrected chi connectivity index (χ3v) is 6.47. The number of sulfone groups is 1. The van der Waals surface area contributed by atoms with Crippen LogP contribution >= 0.6 is 0 Å². The topological polar surface area (TPSA) is 77.7 Å². The molecule has 156 valence electrons. The maximum atomic E-state index is 12.6. The normalized spacial score (nSPS) is 13.8. The van der Waals surface area contributed by atoms with Crippen molar-refractivity contribution in [3.8, 4) is 5.69 Å². The summed E-state index contributed by atoms with van der Waals surface area (Å²) in [5, 5.41) is 11.6. The van der Waals surface area contributed by atoms with Crippen LogP contribution in [0, 0.1) is 0 Å². The van der Waals surface area contributed by atoms with Crippen LogP contribution in [-0.4, -0.2) is 34.4 Å². The second-order valence-corrected chi connectivity index (χ2v) is 12.6. The second kappa shape index (κ2) is 6.94. The molecule has 0 saturated carbocycles. The Balaban J connectivity index is 3.06. The molecule has 2 rings (SSSR count). The van der Waals surface area contributed by atoms with Crippen molar-refractivity contribution in [2.75, 3.05) is 5.75 Å². The Morgan fingerprint density at radius 2 is 1.32 bits per heavy atom. The van der Waals surface area contributed by atoms with Gasteiger partial charge in [0.15, 0.2) is 0 Å². The summed E-state index contributed by atoms with van der Waals surface area (Å²) >= 11 is 0. The summed E-state index contributed by atoms with van der Waals surface area (Å²) < 4.78 is 26.7. The van der Waals surface area contributed by atoms with Gasteiger partial charge in [-0.3, -0.25) is 0 Å². The Hall–Kier alpha value is -1.76. The summed E-state index contributed by atoms with van der Waals surface area (Å²) in [6.45, 7) is 20.9. The molecule has 0 bridgehead atoms. The maximum absolute atomic E-state index is 12.6. The van der Waals surface area contributed by atoms with Crippen molar-refractivity contribution < 1.29 is 8.42 Å². The molecule has 0 unspecified atom stereocenters. The first kappa shape index (κ1) is 22.5. The molecule has 0 fully saturated rings. The van der Waals surface area contributed by atoms with Crippen LogP contribution in [0.3, 0.4) is 0 Å². The monoisotopic (exact) mass is 406 g/mol. The van der Waals surface area contributed by atoms with Crippen LogP contribution in [0.2, 0.25) is 0 Å². The molecule has 0 aliphatic carbocycles. The molecule has 7 heteroatoms. The second-order valence-electron chi connectivity index (χ2n) is 10.4. The molecule has 0 amide bonds. The van der Waals surface area contributed by atoms with E-state index >= 15 is 0 Å². The van der Waals surface area contributed by atoms with Gasteiger partial charge >= 0.3 is 0 Å². The number of rotatable bonds is 3. The lowest BCUT2D eigenvalue weighted by Gasteiger charge is -2.33. The standard InChI is InChI=1S/C21H34N4O2S/c1-11-28(26,27)18-22-23-24-25(18)17-15(20(5,6)7)12-14(19(2,3)4)13-16(17)21(8,9)10/h12-13H,11H2,1-10H3. The number of aromatic nitrogens is 4. The number of hydrogen-bond acceptors (Lipinski definition) is 5. The minimum Gasteiger partial charge on any atom is -0.220 e.